The van der Waals surface area contributed by atoms with E-state index < -0.39 is 5.41 Å². The first-order valence-electron chi connectivity index (χ1n) is 13.7. The fourth-order valence-electron chi connectivity index (χ4n) is 7.25. The van der Waals surface area contributed by atoms with E-state index in [-0.39, 0.29) is 47.2 Å². The Morgan fingerprint density at radius 2 is 1.72 bits per heavy atom. The highest BCUT2D eigenvalue weighted by Crippen LogP contribution is 2.69. The summed E-state index contributed by atoms with van der Waals surface area (Å²) in [7, 11) is 1.67. The number of hydrogen-bond donors (Lipinski definition) is 3. The number of ketones is 1. The van der Waals surface area contributed by atoms with E-state index in [9.17, 15) is 20.1 Å². The number of benzene rings is 3. The number of methoxy groups -OCH3 is 1. The van der Waals surface area contributed by atoms with E-state index in [2.05, 4.69) is 26.5 Å². The topological polar surface area (TPSA) is 87.0 Å². The van der Waals surface area contributed by atoms with Crippen molar-refractivity contribution in [2.75, 3.05) is 13.7 Å². The average Bonchev–Trinajstić information content (AvgIpc) is 3.36. The predicted octanol–water partition coefficient (Wildman–Crippen LogP) is 6.08. The molecule has 2 aliphatic rings. The molecule has 39 heavy (non-hydrogen) atoms. The lowest BCUT2D eigenvalue weighted by Crippen LogP contribution is -2.47. The summed E-state index contributed by atoms with van der Waals surface area (Å²) in [6.45, 7) is 8.59. The molecule has 0 aliphatic heterocycles. The van der Waals surface area contributed by atoms with Gasteiger partial charge in [0.15, 0.2) is 0 Å². The summed E-state index contributed by atoms with van der Waals surface area (Å²) in [5, 5.41) is 30.2. The summed E-state index contributed by atoms with van der Waals surface area (Å²) < 4.78 is 5.93. The lowest BCUT2D eigenvalue weighted by atomic mass is 9.58. The van der Waals surface area contributed by atoms with Crippen LogP contribution in [-0.4, -0.2) is 40.9 Å². The molecule has 2 aliphatic carbocycles. The van der Waals surface area contributed by atoms with Gasteiger partial charge in [0, 0.05) is 37.9 Å². The van der Waals surface area contributed by atoms with Gasteiger partial charge in [0.05, 0.1) is 11.5 Å². The van der Waals surface area contributed by atoms with Crippen molar-refractivity contribution in [3.05, 3.63) is 95.6 Å². The van der Waals surface area contributed by atoms with Crippen LogP contribution in [0.3, 0.4) is 0 Å². The van der Waals surface area contributed by atoms with Gasteiger partial charge in [-0.25, -0.2) is 0 Å². The summed E-state index contributed by atoms with van der Waals surface area (Å²) in [4.78, 5) is 13.9. The maximum Gasteiger partial charge on any atom is 0.142 e. The molecule has 5 heteroatoms. The Morgan fingerprint density at radius 3 is 2.38 bits per heavy atom. The molecule has 0 saturated heterocycles. The zero-order valence-corrected chi connectivity index (χ0v) is 23.0. The van der Waals surface area contributed by atoms with Gasteiger partial charge in [0.25, 0.3) is 0 Å². The molecule has 204 valence electrons. The first-order chi connectivity index (χ1) is 18.6. The Balaban J connectivity index is 1.32. The second-order valence-electron chi connectivity index (χ2n) is 11.8. The number of aliphatic hydroxyl groups is 1. The van der Waals surface area contributed by atoms with Crippen molar-refractivity contribution in [2.45, 2.75) is 45.6 Å². The van der Waals surface area contributed by atoms with Crippen molar-refractivity contribution in [3.63, 3.8) is 0 Å². The van der Waals surface area contributed by atoms with Gasteiger partial charge in [0.2, 0.25) is 0 Å². The van der Waals surface area contributed by atoms with Gasteiger partial charge in [-0.05, 0) is 64.8 Å². The summed E-state index contributed by atoms with van der Waals surface area (Å²) in [5.74, 6) is 0.640. The van der Waals surface area contributed by atoms with Crippen LogP contribution in [0.15, 0.2) is 78.9 Å². The maximum absolute atomic E-state index is 13.9. The number of carbonyl (C=O) groups excluding carboxylic acids is 1. The van der Waals surface area contributed by atoms with E-state index in [1.807, 2.05) is 42.5 Å². The minimum Gasteiger partial charge on any atom is -0.508 e. The lowest BCUT2D eigenvalue weighted by Gasteiger charge is -2.44. The first kappa shape index (κ1) is 27.2. The molecule has 3 N–H and O–H groups in total. The summed E-state index contributed by atoms with van der Waals surface area (Å²) in [5.41, 5.74) is 4.72. The molecule has 0 spiro atoms. The molecule has 5 nitrogen and oxygen atoms in total. The Morgan fingerprint density at radius 1 is 1.00 bits per heavy atom. The van der Waals surface area contributed by atoms with Crippen molar-refractivity contribution in [3.8, 4) is 22.6 Å². The number of phenols is 2. The van der Waals surface area contributed by atoms with Crippen LogP contribution in [0.5, 0.6) is 11.5 Å². The molecule has 3 aromatic carbocycles. The third kappa shape index (κ3) is 4.48. The van der Waals surface area contributed by atoms with Crippen molar-refractivity contribution < 1.29 is 24.9 Å². The summed E-state index contributed by atoms with van der Waals surface area (Å²) in [6.07, 6.45) is 1.94. The Hall–Kier alpha value is -3.41. The molecule has 2 fully saturated rings. The summed E-state index contributed by atoms with van der Waals surface area (Å²) in [6, 6.07) is 20.8. The number of fused-ring (bicyclic) bond motifs is 2. The highest BCUT2D eigenvalue weighted by molar-refractivity contribution is 5.89. The van der Waals surface area contributed by atoms with Gasteiger partial charge in [-0.15, -0.1) is 0 Å². The number of aromatic hydroxyl groups is 2. The van der Waals surface area contributed by atoms with Crippen molar-refractivity contribution in [1.29, 1.82) is 0 Å². The van der Waals surface area contributed by atoms with Gasteiger partial charge in [-0.2, -0.15) is 0 Å². The SMILES string of the molecule is C=C1[C@@H]2[C@@H](CO)C[C@](C(=O)CCc3cccc(-c4ccc(Cc5ccc(O)cc5)c(O)c4)c3)([C@H]2OC)C1(C)C. The maximum atomic E-state index is 13.9. The van der Waals surface area contributed by atoms with Crippen LogP contribution in [0.4, 0.5) is 0 Å². The molecule has 0 amide bonds. The van der Waals surface area contributed by atoms with Crippen LogP contribution in [0.2, 0.25) is 0 Å². The Bertz CT molecular complexity index is 1390. The van der Waals surface area contributed by atoms with Crippen LogP contribution >= 0.6 is 0 Å². The Labute approximate surface area is 230 Å². The number of carbonyl (C=O) groups is 1. The van der Waals surface area contributed by atoms with Crippen LogP contribution in [0, 0.1) is 22.7 Å². The number of rotatable bonds is 9. The van der Waals surface area contributed by atoms with Gasteiger partial charge < -0.3 is 20.1 Å². The molecule has 4 atom stereocenters. The smallest absolute Gasteiger partial charge is 0.142 e. The largest absolute Gasteiger partial charge is 0.508 e. The van der Waals surface area contributed by atoms with E-state index in [1.54, 1.807) is 25.3 Å². The fraction of sp³-hybridized carbons (Fsp3) is 0.382. The van der Waals surface area contributed by atoms with E-state index in [0.717, 1.165) is 33.4 Å². The normalized spacial score (nSPS) is 25.2. The molecule has 3 aromatic rings. The minimum atomic E-state index is -0.673. The van der Waals surface area contributed by atoms with Crippen LogP contribution in [0.1, 0.15) is 43.4 Å². The molecule has 0 radical (unpaired) electrons. The van der Waals surface area contributed by atoms with E-state index in [4.69, 9.17) is 4.74 Å². The number of aryl methyl sites for hydroxylation is 1. The van der Waals surface area contributed by atoms with Crippen LogP contribution < -0.4 is 0 Å². The quantitative estimate of drug-likeness (QED) is 0.294. The van der Waals surface area contributed by atoms with Crippen LogP contribution in [-0.2, 0) is 22.4 Å². The zero-order valence-electron chi connectivity index (χ0n) is 23.0. The second-order valence-corrected chi connectivity index (χ2v) is 11.8. The zero-order chi connectivity index (χ0) is 27.9. The number of aliphatic hydroxyl groups excluding tert-OH is 1. The lowest BCUT2D eigenvalue weighted by molar-refractivity contribution is -0.141. The van der Waals surface area contributed by atoms with Crippen LogP contribution in [0.25, 0.3) is 11.1 Å². The molecule has 2 bridgehead atoms. The number of ether oxygens (including phenoxy) is 1. The third-order valence-corrected chi connectivity index (χ3v) is 9.53. The number of hydrogen-bond acceptors (Lipinski definition) is 5. The van der Waals surface area contributed by atoms with Gasteiger partial charge in [-0.3, -0.25) is 4.79 Å². The van der Waals surface area contributed by atoms with E-state index in [1.165, 1.54) is 0 Å². The van der Waals surface area contributed by atoms with E-state index in [0.29, 0.717) is 25.7 Å². The molecule has 2 saturated carbocycles. The fourth-order valence-corrected chi connectivity index (χ4v) is 7.25. The highest BCUT2D eigenvalue weighted by Gasteiger charge is 2.71. The van der Waals surface area contributed by atoms with Gasteiger partial charge in [-0.1, -0.05) is 74.5 Å². The standard InChI is InChI=1S/C34H38O5/c1-21-31-27(20-35)19-34(32(31)39-4,33(21,2)3)30(38)15-10-22-6-5-7-24(16-22)25-11-12-26(29(37)18-25)17-23-8-13-28(36)14-9-23/h5-9,11-14,16,18,27,31-32,35-37H,1,10,15,17,19-20H2,2-4H3/t27-,31-,32+,34+/m1/s1. The molecule has 0 heterocycles. The number of phenolic OH excluding ortho intramolecular Hbond substituents is 2. The average molecular weight is 527 g/mol. The van der Waals surface area contributed by atoms with Gasteiger partial charge >= 0.3 is 0 Å². The molecular weight excluding hydrogens is 488 g/mol. The van der Waals surface area contributed by atoms with Crippen molar-refractivity contribution in [2.24, 2.45) is 22.7 Å². The minimum absolute atomic E-state index is 0.00645. The van der Waals surface area contributed by atoms with Gasteiger partial charge in [0.1, 0.15) is 17.3 Å². The number of Topliss-reactive ketones (excluding diaryl/α,β-unsaturated/α-hetero) is 1. The summed E-state index contributed by atoms with van der Waals surface area (Å²) >= 11 is 0. The molecular formula is C34H38O5. The molecule has 5 rings (SSSR count). The first-order valence-corrected chi connectivity index (χ1v) is 13.7. The second kappa shape index (κ2) is 10.3. The third-order valence-electron chi connectivity index (χ3n) is 9.53. The van der Waals surface area contributed by atoms with E-state index >= 15 is 0 Å². The highest BCUT2D eigenvalue weighted by atomic mass is 16.5. The monoisotopic (exact) mass is 526 g/mol. The molecule has 0 unspecified atom stereocenters. The Kier molecular flexibility index (Phi) is 7.17. The van der Waals surface area contributed by atoms with Crippen molar-refractivity contribution >= 4 is 5.78 Å². The van der Waals surface area contributed by atoms with Crippen molar-refractivity contribution in [1.82, 2.24) is 0 Å². The molecule has 0 aromatic heterocycles. The predicted molar refractivity (Wildman–Crippen MR) is 153 cm³/mol.